The first-order valence-electron chi connectivity index (χ1n) is 6.20. The average Bonchev–Trinajstić information content (AvgIpc) is 3.14. The summed E-state index contributed by atoms with van der Waals surface area (Å²) < 4.78 is 10.3. The summed E-state index contributed by atoms with van der Waals surface area (Å²) in [7, 11) is 1.46. The van der Waals surface area contributed by atoms with Crippen LogP contribution in [0.1, 0.15) is 25.7 Å². The van der Waals surface area contributed by atoms with Crippen molar-refractivity contribution in [3.8, 4) is 0 Å². The van der Waals surface area contributed by atoms with Crippen LogP contribution in [0.25, 0.3) is 0 Å². The van der Waals surface area contributed by atoms with Gasteiger partial charge in [0, 0.05) is 12.5 Å². The number of rotatable bonds is 5. The van der Waals surface area contributed by atoms with Crippen molar-refractivity contribution in [1.82, 2.24) is 5.32 Å². The molecule has 1 aliphatic heterocycles. The second-order valence-electron chi connectivity index (χ2n) is 4.83. The first kappa shape index (κ1) is 11.9. The molecule has 2 atom stereocenters. The van der Waals surface area contributed by atoms with Crippen LogP contribution < -0.4 is 5.32 Å². The Balaban J connectivity index is 1.85. The van der Waals surface area contributed by atoms with E-state index in [1.165, 1.54) is 20.0 Å². The minimum Gasteiger partial charge on any atom is -0.468 e. The molecule has 2 unspecified atom stereocenters. The van der Waals surface area contributed by atoms with Gasteiger partial charge in [0.15, 0.2) is 0 Å². The Hall–Kier alpha value is -0.610. The van der Waals surface area contributed by atoms with Crippen molar-refractivity contribution in [2.75, 3.05) is 26.9 Å². The molecule has 2 fully saturated rings. The number of nitrogens with one attached hydrogen (secondary N) is 1. The lowest BCUT2D eigenvalue weighted by Gasteiger charge is -2.29. The Bertz CT molecular complexity index is 234. The van der Waals surface area contributed by atoms with Crippen LogP contribution in [-0.4, -0.2) is 38.9 Å². The fraction of sp³-hybridized carbons (Fsp3) is 0.917. The van der Waals surface area contributed by atoms with Crippen LogP contribution in [0.5, 0.6) is 0 Å². The molecule has 0 aromatic rings. The molecule has 0 aromatic carbocycles. The molecule has 4 heteroatoms. The maximum Gasteiger partial charge on any atom is 0.323 e. The van der Waals surface area contributed by atoms with Gasteiger partial charge in [-0.15, -0.1) is 0 Å². The van der Waals surface area contributed by atoms with Crippen molar-refractivity contribution in [2.45, 2.75) is 31.7 Å². The van der Waals surface area contributed by atoms with E-state index in [0.717, 1.165) is 31.9 Å². The lowest BCUT2D eigenvalue weighted by molar-refractivity contribution is -0.146. The summed E-state index contributed by atoms with van der Waals surface area (Å²) in [4.78, 5) is 11.7. The number of hydrogen-bond acceptors (Lipinski definition) is 4. The monoisotopic (exact) mass is 227 g/mol. The number of carbonyl (C=O) groups excluding carboxylic acids is 1. The van der Waals surface area contributed by atoms with Gasteiger partial charge in [0.25, 0.3) is 0 Å². The first-order chi connectivity index (χ1) is 7.81. The summed E-state index contributed by atoms with van der Waals surface area (Å²) in [5, 5.41) is 3.35. The molecule has 16 heavy (non-hydrogen) atoms. The minimum absolute atomic E-state index is 0.142. The quantitative estimate of drug-likeness (QED) is 0.711. The molecule has 4 nitrogen and oxygen atoms in total. The smallest absolute Gasteiger partial charge is 0.323 e. The zero-order valence-corrected chi connectivity index (χ0v) is 9.91. The number of methoxy groups -OCH3 is 1. The van der Waals surface area contributed by atoms with Gasteiger partial charge >= 0.3 is 5.97 Å². The highest BCUT2D eigenvalue weighted by molar-refractivity contribution is 5.76. The highest BCUT2D eigenvalue weighted by Gasteiger charge is 2.32. The van der Waals surface area contributed by atoms with E-state index in [0.29, 0.717) is 6.61 Å². The van der Waals surface area contributed by atoms with E-state index in [1.54, 1.807) is 0 Å². The van der Waals surface area contributed by atoms with E-state index in [4.69, 9.17) is 9.47 Å². The number of esters is 1. The van der Waals surface area contributed by atoms with Crippen LogP contribution >= 0.6 is 0 Å². The van der Waals surface area contributed by atoms with Crippen molar-refractivity contribution >= 4 is 5.97 Å². The van der Waals surface area contributed by atoms with E-state index in [2.05, 4.69) is 5.32 Å². The standard InChI is InChI=1S/C12H21NO3/c1-15-12(14)11(13-7-9-4-5-9)10-3-2-6-16-8-10/h9-11,13H,2-8H2,1H3. The molecule has 1 aliphatic carbocycles. The van der Waals surface area contributed by atoms with Crippen LogP contribution in [0.2, 0.25) is 0 Å². The largest absolute Gasteiger partial charge is 0.468 e. The van der Waals surface area contributed by atoms with Crippen molar-refractivity contribution in [2.24, 2.45) is 11.8 Å². The van der Waals surface area contributed by atoms with Crippen LogP contribution in [0.3, 0.4) is 0 Å². The van der Waals surface area contributed by atoms with Gasteiger partial charge in [-0.2, -0.15) is 0 Å². The van der Waals surface area contributed by atoms with Crippen LogP contribution in [0.15, 0.2) is 0 Å². The van der Waals surface area contributed by atoms with E-state index >= 15 is 0 Å². The Morgan fingerprint density at radius 2 is 2.31 bits per heavy atom. The molecular formula is C12H21NO3. The van der Waals surface area contributed by atoms with Gasteiger partial charge in [-0.05, 0) is 38.1 Å². The van der Waals surface area contributed by atoms with Crippen molar-refractivity contribution in [3.05, 3.63) is 0 Å². The number of carbonyl (C=O) groups is 1. The predicted octanol–water partition coefficient (Wildman–Crippen LogP) is 0.954. The molecule has 1 N–H and O–H groups in total. The van der Waals surface area contributed by atoms with Gasteiger partial charge in [0.1, 0.15) is 6.04 Å². The Labute approximate surface area is 96.7 Å². The van der Waals surface area contributed by atoms with E-state index in [1.807, 2.05) is 0 Å². The molecule has 0 spiro atoms. The van der Waals surface area contributed by atoms with Crippen molar-refractivity contribution in [1.29, 1.82) is 0 Å². The third kappa shape index (κ3) is 3.19. The highest BCUT2D eigenvalue weighted by atomic mass is 16.5. The molecular weight excluding hydrogens is 206 g/mol. The lowest BCUT2D eigenvalue weighted by atomic mass is 9.93. The van der Waals surface area contributed by atoms with Crippen molar-refractivity contribution < 1.29 is 14.3 Å². The van der Waals surface area contributed by atoms with Crippen LogP contribution in [0.4, 0.5) is 0 Å². The molecule has 1 saturated heterocycles. The first-order valence-corrected chi connectivity index (χ1v) is 6.20. The minimum atomic E-state index is -0.175. The predicted molar refractivity (Wildman–Crippen MR) is 60.1 cm³/mol. The summed E-state index contributed by atoms with van der Waals surface area (Å²) in [6, 6.07) is -0.175. The number of ether oxygens (including phenoxy) is 2. The van der Waals surface area contributed by atoms with E-state index < -0.39 is 0 Å². The molecule has 92 valence electrons. The fourth-order valence-electron chi connectivity index (χ4n) is 2.21. The van der Waals surface area contributed by atoms with Gasteiger partial charge in [-0.1, -0.05) is 0 Å². The van der Waals surface area contributed by atoms with Crippen LogP contribution in [0, 0.1) is 11.8 Å². The Kier molecular flexibility index (Phi) is 4.18. The SMILES string of the molecule is COC(=O)C(NCC1CC1)C1CCCOC1. The van der Waals surface area contributed by atoms with Gasteiger partial charge in [-0.3, -0.25) is 4.79 Å². The summed E-state index contributed by atoms with van der Waals surface area (Å²) in [6.45, 7) is 2.45. The second-order valence-corrected chi connectivity index (χ2v) is 4.83. The normalized spacial score (nSPS) is 27.4. The summed E-state index contributed by atoms with van der Waals surface area (Å²) in [5.74, 6) is 0.910. The van der Waals surface area contributed by atoms with Crippen molar-refractivity contribution in [3.63, 3.8) is 0 Å². The molecule has 1 heterocycles. The fourth-order valence-corrected chi connectivity index (χ4v) is 2.21. The summed E-state index contributed by atoms with van der Waals surface area (Å²) in [5.41, 5.74) is 0. The topological polar surface area (TPSA) is 47.6 Å². The van der Waals surface area contributed by atoms with E-state index in [9.17, 15) is 4.79 Å². The third-order valence-corrected chi connectivity index (χ3v) is 3.45. The maximum atomic E-state index is 11.7. The maximum absolute atomic E-state index is 11.7. The molecule has 1 saturated carbocycles. The number of hydrogen-bond donors (Lipinski definition) is 1. The van der Waals surface area contributed by atoms with Gasteiger partial charge in [-0.25, -0.2) is 0 Å². The second kappa shape index (κ2) is 5.64. The summed E-state index contributed by atoms with van der Waals surface area (Å²) in [6.07, 6.45) is 4.69. The Morgan fingerprint density at radius 3 is 2.88 bits per heavy atom. The molecule has 0 aromatic heterocycles. The molecule has 0 radical (unpaired) electrons. The highest BCUT2D eigenvalue weighted by Crippen LogP contribution is 2.28. The average molecular weight is 227 g/mol. The van der Waals surface area contributed by atoms with Gasteiger partial charge < -0.3 is 14.8 Å². The van der Waals surface area contributed by atoms with Crippen LogP contribution in [-0.2, 0) is 14.3 Å². The molecule has 0 amide bonds. The lowest BCUT2D eigenvalue weighted by Crippen LogP contribution is -2.47. The van der Waals surface area contributed by atoms with Gasteiger partial charge in [0.05, 0.1) is 13.7 Å². The molecule has 2 aliphatic rings. The van der Waals surface area contributed by atoms with Gasteiger partial charge in [0.2, 0.25) is 0 Å². The Morgan fingerprint density at radius 1 is 1.50 bits per heavy atom. The molecule has 0 bridgehead atoms. The summed E-state index contributed by atoms with van der Waals surface area (Å²) >= 11 is 0. The zero-order valence-electron chi connectivity index (χ0n) is 9.91. The zero-order chi connectivity index (χ0) is 11.4. The molecule has 2 rings (SSSR count). The third-order valence-electron chi connectivity index (χ3n) is 3.45. The van der Waals surface area contributed by atoms with E-state index in [-0.39, 0.29) is 17.9 Å².